The molecule has 1 N–H and O–H groups in total. The normalized spacial score (nSPS) is 17.3. The number of nitrogens with one attached hydrogen (secondary N) is 1. The molecule has 2 amide bonds. The molecule has 0 bridgehead atoms. The number of carbonyl (C=O) groups excluding carboxylic acids is 2. The van der Waals surface area contributed by atoms with Gasteiger partial charge >= 0.3 is 0 Å². The highest BCUT2D eigenvalue weighted by atomic mass is 35.5. The first-order valence-electron chi connectivity index (χ1n) is 8.48. The summed E-state index contributed by atoms with van der Waals surface area (Å²) in [5.74, 6) is 0.216. The predicted molar refractivity (Wildman–Crippen MR) is 95.5 cm³/mol. The minimum Gasteiger partial charge on any atom is -0.459 e. The van der Waals surface area contributed by atoms with Gasteiger partial charge in [0.15, 0.2) is 5.76 Å². The van der Waals surface area contributed by atoms with Gasteiger partial charge in [-0.2, -0.15) is 0 Å². The summed E-state index contributed by atoms with van der Waals surface area (Å²) in [7, 11) is 0. The first-order chi connectivity index (χ1) is 12.1. The number of hydrogen-bond acceptors (Lipinski definition) is 3. The van der Waals surface area contributed by atoms with E-state index < -0.39 is 0 Å². The number of likely N-dealkylation sites (tertiary alicyclic amines) is 1. The van der Waals surface area contributed by atoms with E-state index in [1.807, 2.05) is 24.3 Å². The molecule has 0 spiro atoms. The lowest BCUT2D eigenvalue weighted by Gasteiger charge is -2.32. The molecule has 6 heteroatoms. The van der Waals surface area contributed by atoms with Crippen LogP contribution in [-0.4, -0.2) is 35.8 Å². The Bertz CT molecular complexity index is 730. The number of hydrogen-bond donors (Lipinski definition) is 1. The Morgan fingerprint density at radius 2 is 2.16 bits per heavy atom. The quantitative estimate of drug-likeness (QED) is 0.890. The number of rotatable bonds is 5. The zero-order valence-electron chi connectivity index (χ0n) is 13.9. The highest BCUT2D eigenvalue weighted by Crippen LogP contribution is 2.15. The number of aryl methyl sites for hydroxylation is 1. The standard InChI is InChI=1S/C19H21ClN2O3/c20-15-5-1-4-14(12-15)8-9-18(23)21-16-6-2-10-22(13-16)19(24)17-7-3-11-25-17/h1,3-5,7,11-12,16H,2,6,8-10,13H2,(H,21,23). The van der Waals surface area contributed by atoms with Gasteiger partial charge in [0.1, 0.15) is 0 Å². The van der Waals surface area contributed by atoms with Gasteiger partial charge in [0.05, 0.1) is 6.26 Å². The lowest BCUT2D eigenvalue weighted by molar-refractivity contribution is -0.122. The van der Waals surface area contributed by atoms with E-state index in [-0.39, 0.29) is 17.9 Å². The Morgan fingerprint density at radius 3 is 2.92 bits per heavy atom. The number of piperidine rings is 1. The number of carbonyl (C=O) groups is 2. The van der Waals surface area contributed by atoms with E-state index in [4.69, 9.17) is 16.0 Å². The summed E-state index contributed by atoms with van der Waals surface area (Å²) in [5.41, 5.74) is 1.04. The van der Waals surface area contributed by atoms with Crippen LogP contribution >= 0.6 is 11.6 Å². The maximum atomic E-state index is 12.3. The van der Waals surface area contributed by atoms with Crippen LogP contribution in [0.5, 0.6) is 0 Å². The zero-order valence-corrected chi connectivity index (χ0v) is 14.7. The molecular formula is C19H21ClN2O3. The molecule has 1 aromatic carbocycles. The van der Waals surface area contributed by atoms with Crippen LogP contribution in [0.1, 0.15) is 35.4 Å². The van der Waals surface area contributed by atoms with Crippen LogP contribution in [0.3, 0.4) is 0 Å². The first kappa shape index (κ1) is 17.5. The molecule has 2 heterocycles. The summed E-state index contributed by atoms with van der Waals surface area (Å²) in [6.07, 6.45) is 4.29. The van der Waals surface area contributed by atoms with Crippen LogP contribution in [-0.2, 0) is 11.2 Å². The summed E-state index contributed by atoms with van der Waals surface area (Å²) in [6.45, 7) is 1.21. The summed E-state index contributed by atoms with van der Waals surface area (Å²) >= 11 is 5.96. The highest BCUT2D eigenvalue weighted by molar-refractivity contribution is 6.30. The van der Waals surface area contributed by atoms with Crippen molar-refractivity contribution >= 4 is 23.4 Å². The number of amides is 2. The Kier molecular flexibility index (Phi) is 5.76. The summed E-state index contributed by atoms with van der Waals surface area (Å²) in [6, 6.07) is 10.9. The molecule has 2 aromatic rings. The average molecular weight is 361 g/mol. The molecule has 5 nitrogen and oxygen atoms in total. The monoisotopic (exact) mass is 360 g/mol. The third-order valence-electron chi connectivity index (χ3n) is 4.34. The second-order valence-electron chi connectivity index (χ2n) is 6.27. The van der Waals surface area contributed by atoms with Gasteiger partial charge in [-0.1, -0.05) is 23.7 Å². The van der Waals surface area contributed by atoms with Gasteiger partial charge in [-0.3, -0.25) is 9.59 Å². The van der Waals surface area contributed by atoms with Gasteiger partial charge < -0.3 is 14.6 Å². The second kappa shape index (κ2) is 8.21. The van der Waals surface area contributed by atoms with Crippen LogP contribution in [0.15, 0.2) is 47.1 Å². The molecule has 0 saturated carbocycles. The summed E-state index contributed by atoms with van der Waals surface area (Å²) < 4.78 is 5.17. The smallest absolute Gasteiger partial charge is 0.289 e. The van der Waals surface area contributed by atoms with Crippen molar-refractivity contribution < 1.29 is 14.0 Å². The van der Waals surface area contributed by atoms with Gasteiger partial charge in [-0.15, -0.1) is 0 Å². The van der Waals surface area contributed by atoms with E-state index >= 15 is 0 Å². The van der Waals surface area contributed by atoms with Gasteiger partial charge in [-0.05, 0) is 49.1 Å². The fourth-order valence-electron chi connectivity index (χ4n) is 3.09. The fraction of sp³-hybridized carbons (Fsp3) is 0.368. The molecule has 1 aliphatic heterocycles. The molecule has 1 atom stereocenters. The average Bonchev–Trinajstić information content (AvgIpc) is 3.14. The van der Waals surface area contributed by atoms with E-state index in [2.05, 4.69) is 5.32 Å². The van der Waals surface area contributed by atoms with Gasteiger partial charge in [-0.25, -0.2) is 0 Å². The molecule has 1 aromatic heterocycles. The number of benzene rings is 1. The fourth-order valence-corrected chi connectivity index (χ4v) is 3.30. The SMILES string of the molecule is O=C(CCc1cccc(Cl)c1)NC1CCCN(C(=O)c2ccco2)C1. The molecule has 1 aliphatic rings. The summed E-state index contributed by atoms with van der Waals surface area (Å²) in [4.78, 5) is 26.3. The number of halogens is 1. The summed E-state index contributed by atoms with van der Waals surface area (Å²) in [5, 5.41) is 3.72. The van der Waals surface area contributed by atoms with Crippen molar-refractivity contribution in [3.05, 3.63) is 59.0 Å². The van der Waals surface area contributed by atoms with Crippen LogP contribution in [0.2, 0.25) is 5.02 Å². The van der Waals surface area contributed by atoms with Crippen molar-refractivity contribution in [3.63, 3.8) is 0 Å². The van der Waals surface area contributed by atoms with Crippen molar-refractivity contribution in [1.82, 2.24) is 10.2 Å². The van der Waals surface area contributed by atoms with Crippen LogP contribution in [0.4, 0.5) is 0 Å². The number of furan rings is 1. The Labute approximate surface area is 151 Å². The van der Waals surface area contributed by atoms with Crippen molar-refractivity contribution in [2.24, 2.45) is 0 Å². The van der Waals surface area contributed by atoms with Crippen molar-refractivity contribution in [2.45, 2.75) is 31.7 Å². The second-order valence-corrected chi connectivity index (χ2v) is 6.70. The lowest BCUT2D eigenvalue weighted by Crippen LogP contribution is -2.49. The molecule has 132 valence electrons. The molecule has 25 heavy (non-hydrogen) atoms. The molecule has 0 aliphatic carbocycles. The van der Waals surface area contributed by atoms with E-state index in [0.29, 0.717) is 36.7 Å². The molecule has 1 saturated heterocycles. The lowest BCUT2D eigenvalue weighted by atomic mass is 10.0. The van der Waals surface area contributed by atoms with Crippen LogP contribution < -0.4 is 5.32 Å². The first-order valence-corrected chi connectivity index (χ1v) is 8.86. The van der Waals surface area contributed by atoms with Crippen LogP contribution in [0.25, 0.3) is 0 Å². The van der Waals surface area contributed by atoms with E-state index in [1.165, 1.54) is 6.26 Å². The van der Waals surface area contributed by atoms with Gasteiger partial charge in [0.2, 0.25) is 5.91 Å². The van der Waals surface area contributed by atoms with Gasteiger partial charge in [0.25, 0.3) is 5.91 Å². The van der Waals surface area contributed by atoms with Crippen molar-refractivity contribution in [2.75, 3.05) is 13.1 Å². The number of nitrogens with zero attached hydrogens (tertiary/aromatic N) is 1. The third-order valence-corrected chi connectivity index (χ3v) is 4.57. The molecule has 0 radical (unpaired) electrons. The topological polar surface area (TPSA) is 62.6 Å². The maximum Gasteiger partial charge on any atom is 0.289 e. The van der Waals surface area contributed by atoms with Crippen molar-refractivity contribution in [1.29, 1.82) is 0 Å². The Balaban J connectivity index is 1.48. The maximum absolute atomic E-state index is 12.3. The highest BCUT2D eigenvalue weighted by Gasteiger charge is 2.26. The molecule has 3 rings (SSSR count). The third kappa shape index (κ3) is 4.86. The minimum atomic E-state index is -0.122. The molecular weight excluding hydrogens is 340 g/mol. The van der Waals surface area contributed by atoms with E-state index in [1.54, 1.807) is 17.0 Å². The predicted octanol–water partition coefficient (Wildman–Crippen LogP) is 3.29. The zero-order chi connectivity index (χ0) is 17.6. The van der Waals surface area contributed by atoms with E-state index in [0.717, 1.165) is 18.4 Å². The van der Waals surface area contributed by atoms with Gasteiger partial charge in [0, 0.05) is 30.6 Å². The molecule has 1 unspecified atom stereocenters. The Morgan fingerprint density at radius 1 is 1.28 bits per heavy atom. The van der Waals surface area contributed by atoms with Crippen molar-refractivity contribution in [3.8, 4) is 0 Å². The van der Waals surface area contributed by atoms with E-state index in [9.17, 15) is 9.59 Å². The minimum absolute atomic E-state index is 0.00252. The molecule has 1 fully saturated rings. The van der Waals surface area contributed by atoms with Crippen LogP contribution in [0, 0.1) is 0 Å². The largest absolute Gasteiger partial charge is 0.459 e. The Hall–Kier alpha value is -2.27.